The van der Waals surface area contributed by atoms with Crippen LogP contribution in [-0.2, 0) is 18.4 Å². The van der Waals surface area contributed by atoms with E-state index in [1.807, 2.05) is 47.1 Å². The molecule has 1 aliphatic rings. The van der Waals surface area contributed by atoms with Crippen LogP contribution in [0, 0.1) is 0 Å². The first-order valence-electron chi connectivity index (χ1n) is 10.6. The molecule has 5 rings (SSSR count). The Morgan fingerprint density at radius 3 is 2.94 bits per heavy atom. The van der Waals surface area contributed by atoms with Crippen LogP contribution in [0.4, 0.5) is 11.6 Å². The number of carbonyl (C=O) groups excluding carboxylic acids is 1. The Morgan fingerprint density at radius 1 is 1.19 bits per heavy atom. The molecule has 0 bridgehead atoms. The first kappa shape index (κ1) is 20.0. The summed E-state index contributed by atoms with van der Waals surface area (Å²) in [7, 11) is 1.86. The summed E-state index contributed by atoms with van der Waals surface area (Å²) >= 11 is 0. The summed E-state index contributed by atoms with van der Waals surface area (Å²) in [6.07, 6.45) is 8.68. The van der Waals surface area contributed by atoms with E-state index in [0.29, 0.717) is 32.1 Å². The Hall–Kier alpha value is -3.95. The summed E-state index contributed by atoms with van der Waals surface area (Å²) in [6.45, 7) is 2.48. The maximum absolute atomic E-state index is 11.7. The van der Waals surface area contributed by atoms with Gasteiger partial charge in [-0.15, -0.1) is 0 Å². The molecule has 1 aliphatic heterocycles. The largest absolute Gasteiger partial charge is 0.492 e. The fraction of sp³-hybridized carbons (Fsp3) is 0.318. The van der Waals surface area contributed by atoms with Gasteiger partial charge >= 0.3 is 0 Å². The molecule has 0 radical (unpaired) electrons. The zero-order chi connectivity index (χ0) is 21.9. The molecule has 32 heavy (non-hydrogen) atoms. The van der Waals surface area contributed by atoms with Gasteiger partial charge in [-0.25, -0.2) is 9.67 Å². The van der Waals surface area contributed by atoms with Crippen molar-refractivity contribution < 1.29 is 9.53 Å². The van der Waals surface area contributed by atoms with Crippen molar-refractivity contribution in [2.45, 2.75) is 19.4 Å². The van der Waals surface area contributed by atoms with E-state index in [0.717, 1.165) is 41.0 Å². The molecule has 0 atom stereocenters. The molecule has 0 saturated carbocycles. The number of anilines is 2. The number of amides is 1. The van der Waals surface area contributed by atoms with Gasteiger partial charge < -0.3 is 15.0 Å². The number of hydrogen-bond acceptors (Lipinski definition) is 7. The van der Waals surface area contributed by atoms with Crippen molar-refractivity contribution in [3.8, 4) is 5.75 Å². The van der Waals surface area contributed by atoms with E-state index in [-0.39, 0.29) is 5.91 Å². The van der Waals surface area contributed by atoms with Gasteiger partial charge in [0, 0.05) is 32.4 Å². The summed E-state index contributed by atoms with van der Waals surface area (Å²) in [5.74, 6) is 1.48. The smallest absolute Gasteiger partial charge is 0.229 e. The van der Waals surface area contributed by atoms with Gasteiger partial charge in [-0.05, 0) is 24.1 Å². The average Bonchev–Trinajstić information content (AvgIpc) is 3.50. The molecule has 0 unspecified atom stereocenters. The minimum Gasteiger partial charge on any atom is -0.492 e. The lowest BCUT2D eigenvalue weighted by Gasteiger charge is -2.16. The third kappa shape index (κ3) is 4.39. The SMILES string of the molecule is Cn1cc(Nc2ncc3cnn(Cc4cccc(OCCN5CCCC5=O)c4)c3n2)cn1. The standard InChI is InChI=1S/C22H24N8O2/c1-28-15-18(13-24-28)26-22-23-11-17-12-25-30(21(17)27-22)14-16-4-2-5-19(10-16)32-9-8-29-7-3-6-20(29)31/h2,4-5,10-13,15H,3,6-9,14H2,1H3,(H,23,26,27). The first-order valence-corrected chi connectivity index (χ1v) is 10.6. The van der Waals surface area contributed by atoms with Gasteiger partial charge in [0.15, 0.2) is 5.65 Å². The third-order valence-electron chi connectivity index (χ3n) is 5.37. The molecule has 4 heterocycles. The average molecular weight is 432 g/mol. The Morgan fingerprint density at radius 2 is 2.12 bits per heavy atom. The van der Waals surface area contributed by atoms with Crippen molar-refractivity contribution in [3.05, 3.63) is 54.6 Å². The van der Waals surface area contributed by atoms with Crippen molar-refractivity contribution >= 4 is 28.6 Å². The first-order chi connectivity index (χ1) is 15.6. The molecular weight excluding hydrogens is 408 g/mol. The summed E-state index contributed by atoms with van der Waals surface area (Å²) in [5, 5.41) is 12.7. The minimum absolute atomic E-state index is 0.215. The fourth-order valence-corrected chi connectivity index (χ4v) is 3.78. The zero-order valence-corrected chi connectivity index (χ0v) is 17.8. The molecule has 0 aliphatic carbocycles. The number of benzene rings is 1. The second-order valence-corrected chi connectivity index (χ2v) is 7.78. The van der Waals surface area contributed by atoms with Crippen LogP contribution in [0.3, 0.4) is 0 Å². The molecule has 4 aromatic rings. The van der Waals surface area contributed by atoms with Gasteiger partial charge in [0.25, 0.3) is 0 Å². The van der Waals surface area contributed by atoms with Crippen molar-refractivity contribution in [3.63, 3.8) is 0 Å². The van der Waals surface area contributed by atoms with Crippen LogP contribution in [0.5, 0.6) is 5.75 Å². The number of nitrogens with zero attached hydrogens (tertiary/aromatic N) is 7. The predicted octanol–water partition coefficient (Wildman–Crippen LogP) is 2.35. The summed E-state index contributed by atoms with van der Waals surface area (Å²) in [4.78, 5) is 22.6. The minimum atomic E-state index is 0.215. The normalized spacial score (nSPS) is 13.8. The van der Waals surface area contributed by atoms with Crippen LogP contribution in [-0.4, -0.2) is 60.0 Å². The molecule has 10 nitrogen and oxygen atoms in total. The molecule has 1 N–H and O–H groups in total. The lowest BCUT2D eigenvalue weighted by Crippen LogP contribution is -2.29. The van der Waals surface area contributed by atoms with E-state index in [2.05, 4.69) is 25.5 Å². The van der Waals surface area contributed by atoms with Crippen molar-refractivity contribution in [1.29, 1.82) is 0 Å². The molecule has 164 valence electrons. The molecule has 3 aromatic heterocycles. The van der Waals surface area contributed by atoms with E-state index in [9.17, 15) is 4.79 Å². The highest BCUT2D eigenvalue weighted by molar-refractivity contribution is 5.78. The molecule has 0 spiro atoms. The van der Waals surface area contributed by atoms with Crippen LogP contribution in [0.2, 0.25) is 0 Å². The second-order valence-electron chi connectivity index (χ2n) is 7.78. The zero-order valence-electron chi connectivity index (χ0n) is 17.8. The van der Waals surface area contributed by atoms with Gasteiger partial charge in [-0.1, -0.05) is 12.1 Å². The van der Waals surface area contributed by atoms with Gasteiger partial charge in [0.05, 0.1) is 36.6 Å². The quantitative estimate of drug-likeness (QED) is 0.456. The van der Waals surface area contributed by atoms with Crippen molar-refractivity contribution in [1.82, 2.24) is 34.4 Å². The number of fused-ring (bicyclic) bond motifs is 1. The number of nitrogens with one attached hydrogen (secondary N) is 1. The molecule has 1 aromatic carbocycles. The lowest BCUT2D eigenvalue weighted by molar-refractivity contribution is -0.128. The number of likely N-dealkylation sites (tertiary alicyclic amines) is 1. The maximum atomic E-state index is 11.7. The Labute approximate surface area is 184 Å². The van der Waals surface area contributed by atoms with Crippen LogP contribution >= 0.6 is 0 Å². The van der Waals surface area contributed by atoms with Crippen LogP contribution in [0.25, 0.3) is 11.0 Å². The lowest BCUT2D eigenvalue weighted by atomic mass is 10.2. The van der Waals surface area contributed by atoms with Crippen molar-refractivity contribution in [2.24, 2.45) is 7.05 Å². The summed E-state index contributed by atoms with van der Waals surface area (Å²) in [5.41, 5.74) is 2.61. The number of hydrogen-bond donors (Lipinski definition) is 1. The Balaban J connectivity index is 1.27. The van der Waals surface area contributed by atoms with Crippen LogP contribution < -0.4 is 10.1 Å². The van der Waals surface area contributed by atoms with Gasteiger partial charge in [0.2, 0.25) is 11.9 Å². The number of aromatic nitrogens is 6. The molecule has 1 saturated heterocycles. The maximum Gasteiger partial charge on any atom is 0.229 e. The van der Waals surface area contributed by atoms with E-state index >= 15 is 0 Å². The predicted molar refractivity (Wildman–Crippen MR) is 119 cm³/mol. The van der Waals surface area contributed by atoms with E-state index < -0.39 is 0 Å². The fourth-order valence-electron chi connectivity index (χ4n) is 3.78. The summed E-state index contributed by atoms with van der Waals surface area (Å²) in [6, 6.07) is 7.91. The summed E-state index contributed by atoms with van der Waals surface area (Å²) < 4.78 is 9.44. The van der Waals surface area contributed by atoms with Gasteiger partial charge in [-0.2, -0.15) is 15.2 Å². The topological polar surface area (TPSA) is 103 Å². The Bertz CT molecular complexity index is 1250. The van der Waals surface area contributed by atoms with Gasteiger partial charge in [0.1, 0.15) is 12.4 Å². The third-order valence-corrected chi connectivity index (χ3v) is 5.37. The van der Waals surface area contributed by atoms with E-state index in [1.54, 1.807) is 23.3 Å². The monoisotopic (exact) mass is 432 g/mol. The van der Waals surface area contributed by atoms with Crippen molar-refractivity contribution in [2.75, 3.05) is 25.0 Å². The van der Waals surface area contributed by atoms with Crippen LogP contribution in [0.15, 0.2) is 49.1 Å². The van der Waals surface area contributed by atoms with Gasteiger partial charge in [-0.3, -0.25) is 9.48 Å². The molecule has 10 heteroatoms. The second kappa shape index (κ2) is 8.66. The highest BCUT2D eigenvalue weighted by atomic mass is 16.5. The highest BCUT2D eigenvalue weighted by Crippen LogP contribution is 2.19. The molecule has 1 amide bonds. The molecular formula is C22H24N8O2. The van der Waals surface area contributed by atoms with E-state index in [4.69, 9.17) is 4.74 Å². The Kier molecular flexibility index (Phi) is 5.40. The number of ether oxygens (including phenoxy) is 1. The number of aryl methyl sites for hydroxylation is 1. The van der Waals surface area contributed by atoms with Crippen LogP contribution in [0.1, 0.15) is 18.4 Å². The van der Waals surface area contributed by atoms with E-state index in [1.165, 1.54) is 0 Å². The molecule has 1 fully saturated rings. The number of carbonyl (C=O) groups is 1. The highest BCUT2D eigenvalue weighted by Gasteiger charge is 2.19. The number of rotatable bonds is 8.